The molecule has 6 heteroatoms. The topological polar surface area (TPSA) is 61.8 Å². The molecule has 1 saturated heterocycles. The van der Waals surface area contributed by atoms with Crippen molar-refractivity contribution in [3.63, 3.8) is 0 Å². The Morgan fingerprint density at radius 1 is 1.27 bits per heavy atom. The number of hydrogen-bond donors (Lipinski definition) is 2. The molecule has 0 radical (unpaired) electrons. The van der Waals surface area contributed by atoms with Gasteiger partial charge in [0, 0.05) is 17.1 Å². The van der Waals surface area contributed by atoms with Crippen molar-refractivity contribution in [1.82, 2.24) is 10.2 Å². The minimum absolute atomic E-state index is 0.0887. The second kappa shape index (κ2) is 7.17. The van der Waals surface area contributed by atoms with E-state index in [-0.39, 0.29) is 17.7 Å². The summed E-state index contributed by atoms with van der Waals surface area (Å²) in [6.07, 6.45) is 1.90. The van der Waals surface area contributed by atoms with Gasteiger partial charge >= 0.3 is 0 Å². The zero-order valence-corrected chi connectivity index (χ0v) is 15.1. The number of phenolic OH excluding ortho intramolecular Hbond substituents is 1. The van der Waals surface area contributed by atoms with Gasteiger partial charge in [0.05, 0.1) is 12.6 Å². The molecule has 0 saturated carbocycles. The van der Waals surface area contributed by atoms with E-state index in [0.717, 1.165) is 36.1 Å². The van der Waals surface area contributed by atoms with Crippen molar-refractivity contribution in [2.75, 3.05) is 19.7 Å². The average molecular weight is 373 g/mol. The van der Waals surface area contributed by atoms with Crippen molar-refractivity contribution in [2.45, 2.75) is 25.4 Å². The van der Waals surface area contributed by atoms with Gasteiger partial charge in [-0.1, -0.05) is 23.7 Å². The number of fused-ring (bicyclic) bond motifs is 1. The molecule has 0 bridgehead atoms. The molecule has 1 fully saturated rings. The van der Waals surface area contributed by atoms with Crippen molar-refractivity contribution in [1.29, 1.82) is 0 Å². The molecular weight excluding hydrogens is 352 g/mol. The summed E-state index contributed by atoms with van der Waals surface area (Å²) in [6.45, 7) is 2.19. The van der Waals surface area contributed by atoms with Crippen LogP contribution in [0.5, 0.6) is 11.5 Å². The van der Waals surface area contributed by atoms with Crippen LogP contribution in [0.4, 0.5) is 0 Å². The number of halogens is 1. The first kappa shape index (κ1) is 17.2. The molecule has 4 rings (SSSR count). The Balaban J connectivity index is 1.66. The van der Waals surface area contributed by atoms with Crippen molar-refractivity contribution in [3.05, 3.63) is 47.0 Å². The Kier molecular flexibility index (Phi) is 4.74. The maximum Gasteiger partial charge on any atom is 0.240 e. The summed E-state index contributed by atoms with van der Waals surface area (Å²) < 4.78 is 5.75. The number of carbonyl (C=O) groups is 1. The molecule has 1 atom stereocenters. The molecule has 26 heavy (non-hydrogen) atoms. The lowest BCUT2D eigenvalue weighted by Gasteiger charge is -2.23. The minimum Gasteiger partial charge on any atom is -0.504 e. The van der Waals surface area contributed by atoms with E-state index in [1.54, 1.807) is 6.07 Å². The van der Waals surface area contributed by atoms with Gasteiger partial charge in [-0.25, -0.2) is 0 Å². The van der Waals surface area contributed by atoms with E-state index in [9.17, 15) is 9.90 Å². The summed E-state index contributed by atoms with van der Waals surface area (Å²) in [5.41, 5.74) is 2.57. The van der Waals surface area contributed by atoms with Crippen LogP contribution in [-0.2, 0) is 11.3 Å². The average Bonchev–Trinajstić information content (AvgIpc) is 3.08. The summed E-state index contributed by atoms with van der Waals surface area (Å²) in [4.78, 5) is 14.6. The Hall–Kier alpha value is -2.24. The lowest BCUT2D eigenvalue weighted by atomic mass is 10.0. The standard InChI is InChI=1S/C20H21ClN2O3/c21-16-4-1-3-13(10-16)14-9-15-12-23(20(25)17-5-2-6-22-17)7-8-26-19(15)18(24)11-14/h1,3-4,9-11,17,22,24H,2,5-8,12H2. The molecule has 2 heterocycles. The van der Waals surface area contributed by atoms with Gasteiger partial charge in [-0.3, -0.25) is 4.79 Å². The fourth-order valence-electron chi connectivity index (χ4n) is 3.64. The van der Waals surface area contributed by atoms with Gasteiger partial charge in [0.15, 0.2) is 11.5 Å². The van der Waals surface area contributed by atoms with E-state index < -0.39 is 0 Å². The van der Waals surface area contributed by atoms with E-state index in [1.165, 1.54) is 0 Å². The van der Waals surface area contributed by atoms with Crippen LogP contribution in [0.3, 0.4) is 0 Å². The van der Waals surface area contributed by atoms with E-state index in [0.29, 0.717) is 30.5 Å². The summed E-state index contributed by atoms with van der Waals surface area (Å²) in [5, 5.41) is 14.3. The van der Waals surface area contributed by atoms with Crippen LogP contribution in [0.25, 0.3) is 11.1 Å². The molecule has 1 unspecified atom stereocenters. The predicted molar refractivity (Wildman–Crippen MR) is 100 cm³/mol. The fraction of sp³-hybridized carbons (Fsp3) is 0.350. The smallest absolute Gasteiger partial charge is 0.240 e. The highest BCUT2D eigenvalue weighted by Crippen LogP contribution is 2.38. The van der Waals surface area contributed by atoms with Crippen LogP contribution in [0.15, 0.2) is 36.4 Å². The maximum absolute atomic E-state index is 12.8. The van der Waals surface area contributed by atoms with Crippen molar-refractivity contribution < 1.29 is 14.6 Å². The Morgan fingerprint density at radius 2 is 2.15 bits per heavy atom. The third kappa shape index (κ3) is 3.37. The third-order valence-corrected chi connectivity index (χ3v) is 5.18. The highest BCUT2D eigenvalue weighted by molar-refractivity contribution is 6.30. The predicted octanol–water partition coefficient (Wildman–Crippen LogP) is 3.19. The molecule has 0 aromatic heterocycles. The molecule has 0 spiro atoms. The van der Waals surface area contributed by atoms with Crippen LogP contribution in [-0.4, -0.2) is 41.7 Å². The lowest BCUT2D eigenvalue weighted by molar-refractivity contribution is -0.133. The van der Waals surface area contributed by atoms with E-state index in [1.807, 2.05) is 35.2 Å². The molecular formula is C20H21ClN2O3. The number of aromatic hydroxyl groups is 1. The first-order valence-corrected chi connectivity index (χ1v) is 9.26. The molecule has 2 aliphatic rings. The SMILES string of the molecule is O=C(C1CCCN1)N1CCOc2c(O)cc(-c3cccc(Cl)c3)cc2C1. The van der Waals surface area contributed by atoms with Crippen molar-refractivity contribution >= 4 is 17.5 Å². The maximum atomic E-state index is 12.8. The number of nitrogens with zero attached hydrogens (tertiary/aromatic N) is 1. The summed E-state index contributed by atoms with van der Waals surface area (Å²) in [7, 11) is 0. The van der Waals surface area contributed by atoms with E-state index in [2.05, 4.69) is 5.32 Å². The summed E-state index contributed by atoms with van der Waals surface area (Å²) >= 11 is 6.09. The number of hydrogen-bond acceptors (Lipinski definition) is 4. The number of ether oxygens (including phenoxy) is 1. The summed E-state index contributed by atoms with van der Waals surface area (Å²) in [6, 6.07) is 11.0. The zero-order chi connectivity index (χ0) is 18.1. The number of nitrogens with one attached hydrogen (secondary N) is 1. The third-order valence-electron chi connectivity index (χ3n) is 4.94. The first-order chi connectivity index (χ1) is 12.6. The van der Waals surface area contributed by atoms with Gasteiger partial charge in [-0.15, -0.1) is 0 Å². The molecule has 2 aromatic rings. The zero-order valence-electron chi connectivity index (χ0n) is 14.4. The summed E-state index contributed by atoms with van der Waals surface area (Å²) in [5.74, 6) is 0.655. The Labute approximate surface area is 157 Å². The van der Waals surface area contributed by atoms with E-state index >= 15 is 0 Å². The van der Waals surface area contributed by atoms with Crippen LogP contribution >= 0.6 is 11.6 Å². The van der Waals surface area contributed by atoms with Gasteiger partial charge in [-0.2, -0.15) is 0 Å². The Morgan fingerprint density at radius 3 is 2.92 bits per heavy atom. The van der Waals surface area contributed by atoms with Crippen molar-refractivity contribution in [3.8, 4) is 22.6 Å². The molecule has 0 aliphatic carbocycles. The van der Waals surface area contributed by atoms with Crippen LogP contribution in [0, 0.1) is 0 Å². The number of phenols is 1. The normalized spacial score (nSPS) is 19.6. The molecule has 2 aliphatic heterocycles. The van der Waals surface area contributed by atoms with Gasteiger partial charge in [0.25, 0.3) is 0 Å². The molecule has 1 amide bonds. The second-order valence-electron chi connectivity index (χ2n) is 6.75. The van der Waals surface area contributed by atoms with Gasteiger partial charge in [0.2, 0.25) is 5.91 Å². The number of carbonyl (C=O) groups excluding carboxylic acids is 1. The molecule has 5 nitrogen and oxygen atoms in total. The Bertz CT molecular complexity index is 834. The van der Waals surface area contributed by atoms with Crippen LogP contribution in [0.1, 0.15) is 18.4 Å². The first-order valence-electron chi connectivity index (χ1n) is 8.88. The highest BCUT2D eigenvalue weighted by Gasteiger charge is 2.29. The van der Waals surface area contributed by atoms with Crippen LogP contribution in [0.2, 0.25) is 5.02 Å². The minimum atomic E-state index is -0.110. The molecule has 2 N–H and O–H groups in total. The fourth-order valence-corrected chi connectivity index (χ4v) is 3.83. The molecule has 136 valence electrons. The second-order valence-corrected chi connectivity index (χ2v) is 7.19. The van der Waals surface area contributed by atoms with Crippen molar-refractivity contribution in [2.24, 2.45) is 0 Å². The quantitative estimate of drug-likeness (QED) is 0.850. The molecule has 2 aromatic carbocycles. The van der Waals surface area contributed by atoms with Gasteiger partial charge in [0.1, 0.15) is 6.61 Å². The number of amides is 1. The number of rotatable bonds is 2. The largest absolute Gasteiger partial charge is 0.504 e. The van der Waals surface area contributed by atoms with Gasteiger partial charge in [-0.05, 0) is 54.8 Å². The lowest BCUT2D eigenvalue weighted by Crippen LogP contribution is -2.44. The highest BCUT2D eigenvalue weighted by atomic mass is 35.5. The van der Waals surface area contributed by atoms with Gasteiger partial charge < -0.3 is 20.1 Å². The van der Waals surface area contributed by atoms with Crippen LogP contribution < -0.4 is 10.1 Å². The van der Waals surface area contributed by atoms with E-state index in [4.69, 9.17) is 16.3 Å². The number of benzene rings is 2. The monoisotopic (exact) mass is 372 g/mol.